The molecule has 0 heterocycles. The van der Waals surface area contributed by atoms with E-state index in [1.165, 1.54) is 6.08 Å². The molecule has 0 aromatic rings. The minimum absolute atomic E-state index is 0.00611. The average molecular weight is 173 g/mol. The monoisotopic (exact) mass is 173 g/mol. The number of amides is 1. The van der Waals surface area contributed by atoms with Crippen LogP contribution in [-0.2, 0) is 4.79 Å². The highest BCUT2D eigenvalue weighted by Gasteiger charge is 1.99. The van der Waals surface area contributed by atoms with Crippen LogP contribution in [0.2, 0.25) is 0 Å². The summed E-state index contributed by atoms with van der Waals surface area (Å²) >= 11 is 1.75. The van der Waals surface area contributed by atoms with Gasteiger partial charge < -0.3 is 5.32 Å². The first-order valence-electron chi connectivity index (χ1n) is 3.64. The van der Waals surface area contributed by atoms with Crippen molar-refractivity contribution in [2.24, 2.45) is 0 Å². The summed E-state index contributed by atoms with van der Waals surface area (Å²) < 4.78 is 0. The fourth-order valence-electron chi connectivity index (χ4n) is 0.538. The second-order valence-electron chi connectivity index (χ2n) is 2.29. The van der Waals surface area contributed by atoms with Crippen LogP contribution >= 0.6 is 11.8 Å². The van der Waals surface area contributed by atoms with Gasteiger partial charge in [0.2, 0.25) is 5.91 Å². The highest BCUT2D eigenvalue weighted by Crippen LogP contribution is 2.01. The average Bonchev–Trinajstić information content (AvgIpc) is 2.01. The normalized spacial score (nSPS) is 13.4. The van der Waals surface area contributed by atoms with E-state index in [0.717, 1.165) is 6.54 Å². The minimum Gasteiger partial charge on any atom is -0.351 e. The first-order chi connectivity index (χ1) is 5.20. The fourth-order valence-corrected chi connectivity index (χ4v) is 0.788. The Bertz CT molecular complexity index is 145. The van der Waals surface area contributed by atoms with Crippen molar-refractivity contribution >= 4 is 17.7 Å². The van der Waals surface area contributed by atoms with Crippen LogP contribution in [0.25, 0.3) is 0 Å². The van der Waals surface area contributed by atoms with Gasteiger partial charge in [0.05, 0.1) is 0 Å². The van der Waals surface area contributed by atoms with Crippen LogP contribution in [0.4, 0.5) is 0 Å². The highest BCUT2D eigenvalue weighted by atomic mass is 32.2. The summed E-state index contributed by atoms with van der Waals surface area (Å²) in [4.78, 5) is 10.9. The first-order valence-corrected chi connectivity index (χ1v) is 4.92. The van der Waals surface area contributed by atoms with Crippen LogP contribution in [0.1, 0.15) is 13.8 Å². The Hall–Kier alpha value is -0.440. The zero-order chi connectivity index (χ0) is 8.69. The molecule has 0 aliphatic rings. The van der Waals surface area contributed by atoms with Crippen molar-refractivity contribution in [1.29, 1.82) is 0 Å². The molecule has 0 saturated carbocycles. The molecule has 0 saturated heterocycles. The van der Waals surface area contributed by atoms with E-state index in [2.05, 4.69) is 12.2 Å². The molecule has 0 radical (unpaired) electrons. The van der Waals surface area contributed by atoms with Crippen molar-refractivity contribution in [2.75, 3.05) is 12.8 Å². The molecular formula is C8H15NOS. The van der Waals surface area contributed by atoms with Crippen LogP contribution in [0, 0.1) is 0 Å². The number of rotatable bonds is 4. The molecular weight excluding hydrogens is 158 g/mol. The Morgan fingerprint density at radius 2 is 2.36 bits per heavy atom. The smallest absolute Gasteiger partial charge is 0.243 e. The third-order valence-electron chi connectivity index (χ3n) is 1.28. The summed E-state index contributed by atoms with van der Waals surface area (Å²) in [5, 5.41) is 3.28. The lowest BCUT2D eigenvalue weighted by atomic mass is 10.4. The topological polar surface area (TPSA) is 29.1 Å². The van der Waals surface area contributed by atoms with Gasteiger partial charge in [-0.15, -0.1) is 0 Å². The van der Waals surface area contributed by atoms with Crippen molar-refractivity contribution in [3.8, 4) is 0 Å². The minimum atomic E-state index is -0.00611. The molecule has 1 amide bonds. The molecule has 1 N–H and O–H groups in total. The Kier molecular flexibility index (Phi) is 6.03. The van der Waals surface area contributed by atoms with E-state index in [1.54, 1.807) is 17.8 Å². The third kappa shape index (κ3) is 5.98. The van der Waals surface area contributed by atoms with E-state index in [0.29, 0.717) is 5.25 Å². The predicted octanol–water partition coefficient (Wildman–Crippen LogP) is 1.43. The Morgan fingerprint density at radius 1 is 1.73 bits per heavy atom. The second kappa shape index (κ2) is 6.28. The maximum Gasteiger partial charge on any atom is 0.243 e. The molecule has 64 valence electrons. The molecule has 0 fully saturated rings. The van der Waals surface area contributed by atoms with Gasteiger partial charge in [0.1, 0.15) is 0 Å². The van der Waals surface area contributed by atoms with Gasteiger partial charge in [-0.25, -0.2) is 0 Å². The highest BCUT2D eigenvalue weighted by molar-refractivity contribution is 7.99. The molecule has 0 aromatic heterocycles. The van der Waals surface area contributed by atoms with Crippen LogP contribution in [0.15, 0.2) is 12.2 Å². The van der Waals surface area contributed by atoms with E-state index in [-0.39, 0.29) is 5.91 Å². The molecule has 0 aliphatic carbocycles. The zero-order valence-corrected chi connectivity index (χ0v) is 8.07. The Morgan fingerprint density at radius 3 is 2.82 bits per heavy atom. The Labute approximate surface area is 72.4 Å². The van der Waals surface area contributed by atoms with Gasteiger partial charge in [-0.05, 0) is 19.3 Å². The summed E-state index contributed by atoms with van der Waals surface area (Å²) in [5.41, 5.74) is 0. The quantitative estimate of drug-likeness (QED) is 0.652. The van der Waals surface area contributed by atoms with Crippen molar-refractivity contribution < 1.29 is 4.79 Å². The van der Waals surface area contributed by atoms with Crippen molar-refractivity contribution in [3.63, 3.8) is 0 Å². The van der Waals surface area contributed by atoms with Gasteiger partial charge >= 0.3 is 0 Å². The van der Waals surface area contributed by atoms with Gasteiger partial charge in [-0.3, -0.25) is 4.79 Å². The van der Waals surface area contributed by atoms with Crippen molar-refractivity contribution in [2.45, 2.75) is 19.1 Å². The number of allylic oxidation sites excluding steroid dienone is 1. The summed E-state index contributed by atoms with van der Waals surface area (Å²) in [6, 6.07) is 0. The predicted molar refractivity (Wildman–Crippen MR) is 50.8 cm³/mol. The van der Waals surface area contributed by atoms with Crippen molar-refractivity contribution in [3.05, 3.63) is 12.2 Å². The lowest BCUT2D eigenvalue weighted by Gasteiger charge is -2.07. The molecule has 11 heavy (non-hydrogen) atoms. The number of nitrogens with one attached hydrogen (secondary N) is 1. The lowest BCUT2D eigenvalue weighted by Crippen LogP contribution is -2.27. The number of carbonyl (C=O) groups excluding carboxylic acids is 1. The van der Waals surface area contributed by atoms with Gasteiger partial charge in [0.25, 0.3) is 0 Å². The molecule has 1 atom stereocenters. The van der Waals surface area contributed by atoms with E-state index >= 15 is 0 Å². The fraction of sp³-hybridized carbons (Fsp3) is 0.625. The maximum absolute atomic E-state index is 10.9. The van der Waals surface area contributed by atoms with E-state index in [1.807, 2.05) is 13.2 Å². The largest absolute Gasteiger partial charge is 0.351 e. The summed E-state index contributed by atoms with van der Waals surface area (Å²) in [7, 11) is 0. The maximum atomic E-state index is 10.9. The van der Waals surface area contributed by atoms with Gasteiger partial charge in [0.15, 0.2) is 0 Å². The first kappa shape index (κ1) is 10.6. The van der Waals surface area contributed by atoms with Gasteiger partial charge in [-0.1, -0.05) is 13.0 Å². The van der Waals surface area contributed by atoms with E-state index in [9.17, 15) is 4.79 Å². The number of thioether (sulfide) groups is 1. The Balaban J connectivity index is 3.45. The second-order valence-corrected chi connectivity index (χ2v) is 3.57. The van der Waals surface area contributed by atoms with E-state index in [4.69, 9.17) is 0 Å². The van der Waals surface area contributed by atoms with E-state index < -0.39 is 0 Å². The van der Waals surface area contributed by atoms with Gasteiger partial charge in [0, 0.05) is 11.8 Å². The summed E-state index contributed by atoms with van der Waals surface area (Å²) in [6.07, 6.45) is 5.30. The van der Waals surface area contributed by atoms with Crippen LogP contribution < -0.4 is 5.32 Å². The SMILES string of the molecule is C/C=C/C(=O)NCC(C)SC. The summed E-state index contributed by atoms with van der Waals surface area (Å²) in [5.74, 6) is -0.00611. The summed E-state index contributed by atoms with van der Waals surface area (Å²) in [6.45, 7) is 4.66. The van der Waals surface area contributed by atoms with Crippen LogP contribution in [0.5, 0.6) is 0 Å². The van der Waals surface area contributed by atoms with Crippen LogP contribution in [-0.4, -0.2) is 24.0 Å². The molecule has 3 heteroatoms. The number of hydrogen-bond donors (Lipinski definition) is 1. The molecule has 0 bridgehead atoms. The molecule has 0 aromatic carbocycles. The van der Waals surface area contributed by atoms with Gasteiger partial charge in [-0.2, -0.15) is 11.8 Å². The third-order valence-corrected chi connectivity index (χ3v) is 2.26. The standard InChI is InChI=1S/C8H15NOS/c1-4-5-8(10)9-6-7(2)11-3/h4-5,7H,6H2,1-3H3,(H,9,10)/b5-4+. The van der Waals surface area contributed by atoms with Crippen molar-refractivity contribution in [1.82, 2.24) is 5.32 Å². The zero-order valence-electron chi connectivity index (χ0n) is 7.26. The molecule has 1 unspecified atom stereocenters. The van der Waals surface area contributed by atoms with Crippen LogP contribution in [0.3, 0.4) is 0 Å². The number of carbonyl (C=O) groups is 1. The molecule has 2 nitrogen and oxygen atoms in total. The lowest BCUT2D eigenvalue weighted by molar-refractivity contribution is -0.116. The molecule has 0 aliphatic heterocycles. The number of hydrogen-bond acceptors (Lipinski definition) is 2. The molecule has 0 spiro atoms. The molecule has 0 rings (SSSR count).